The quantitative estimate of drug-likeness (QED) is 0.710. The third-order valence-corrected chi connectivity index (χ3v) is 3.93. The molecule has 0 spiro atoms. The highest BCUT2D eigenvalue weighted by atomic mass is 15.1. The molecule has 1 aromatic carbocycles. The molecule has 3 heterocycles. The Hall–Kier alpha value is -2.43. The van der Waals surface area contributed by atoms with Gasteiger partial charge in [-0.05, 0) is 23.8 Å². The summed E-state index contributed by atoms with van der Waals surface area (Å²) in [5.41, 5.74) is 5.67. The first-order valence-corrected chi connectivity index (χ1v) is 6.69. The molecule has 20 heavy (non-hydrogen) atoms. The second-order valence-corrected chi connectivity index (χ2v) is 5.87. The van der Waals surface area contributed by atoms with Crippen LogP contribution in [0.15, 0.2) is 30.6 Å². The highest BCUT2D eigenvalue weighted by Crippen LogP contribution is 2.38. The standard InChI is InChI=1S/C15H15N5/c1-15(2)8-16-11-6-13-12(5-10(11)15)19-14(20-13)9-3-4-17-18-7-9/h3-7,16H,8H2,1-2H3,(H,19,20). The molecule has 0 amide bonds. The fourth-order valence-electron chi connectivity index (χ4n) is 2.74. The lowest BCUT2D eigenvalue weighted by Gasteiger charge is -2.16. The van der Waals surface area contributed by atoms with Crippen LogP contribution in [-0.4, -0.2) is 26.7 Å². The van der Waals surface area contributed by atoms with Crippen molar-refractivity contribution in [2.24, 2.45) is 0 Å². The number of hydrogen-bond donors (Lipinski definition) is 2. The molecule has 1 aliphatic heterocycles. The molecule has 0 saturated heterocycles. The summed E-state index contributed by atoms with van der Waals surface area (Å²) in [5, 5.41) is 11.1. The van der Waals surface area contributed by atoms with Gasteiger partial charge in [0.1, 0.15) is 5.82 Å². The Morgan fingerprint density at radius 3 is 2.90 bits per heavy atom. The van der Waals surface area contributed by atoms with Crippen molar-refractivity contribution in [2.75, 3.05) is 11.9 Å². The molecule has 2 aromatic heterocycles. The van der Waals surface area contributed by atoms with Crippen LogP contribution in [0.5, 0.6) is 0 Å². The molecule has 0 unspecified atom stereocenters. The Morgan fingerprint density at radius 2 is 2.10 bits per heavy atom. The lowest BCUT2D eigenvalue weighted by molar-refractivity contribution is 0.586. The van der Waals surface area contributed by atoms with Crippen LogP contribution in [0.2, 0.25) is 0 Å². The zero-order valence-electron chi connectivity index (χ0n) is 11.4. The summed E-state index contributed by atoms with van der Waals surface area (Å²) in [6.07, 6.45) is 3.39. The first-order valence-electron chi connectivity index (χ1n) is 6.69. The van der Waals surface area contributed by atoms with E-state index in [0.717, 1.165) is 29.0 Å². The number of imidazole rings is 1. The van der Waals surface area contributed by atoms with Crippen molar-refractivity contribution in [2.45, 2.75) is 19.3 Å². The summed E-state index contributed by atoms with van der Waals surface area (Å²) in [4.78, 5) is 8.02. The van der Waals surface area contributed by atoms with E-state index in [1.54, 1.807) is 12.4 Å². The molecule has 2 N–H and O–H groups in total. The number of rotatable bonds is 1. The smallest absolute Gasteiger partial charge is 0.140 e. The summed E-state index contributed by atoms with van der Waals surface area (Å²) >= 11 is 0. The maximum Gasteiger partial charge on any atom is 0.140 e. The molecular weight excluding hydrogens is 250 g/mol. The van der Waals surface area contributed by atoms with Gasteiger partial charge in [-0.15, -0.1) is 0 Å². The van der Waals surface area contributed by atoms with Gasteiger partial charge in [-0.2, -0.15) is 10.2 Å². The van der Waals surface area contributed by atoms with Gasteiger partial charge in [-0.25, -0.2) is 4.98 Å². The van der Waals surface area contributed by atoms with E-state index in [1.165, 1.54) is 11.3 Å². The minimum absolute atomic E-state index is 0.160. The molecule has 100 valence electrons. The average molecular weight is 265 g/mol. The Morgan fingerprint density at radius 1 is 1.20 bits per heavy atom. The maximum atomic E-state index is 4.64. The van der Waals surface area contributed by atoms with Gasteiger partial charge in [-0.3, -0.25) is 0 Å². The first kappa shape index (κ1) is 11.4. The van der Waals surface area contributed by atoms with Gasteiger partial charge in [-0.1, -0.05) is 13.8 Å². The molecule has 0 atom stereocenters. The van der Waals surface area contributed by atoms with Gasteiger partial charge in [0.05, 0.1) is 23.4 Å². The van der Waals surface area contributed by atoms with Crippen LogP contribution in [0.25, 0.3) is 22.4 Å². The van der Waals surface area contributed by atoms with E-state index in [-0.39, 0.29) is 5.41 Å². The van der Waals surface area contributed by atoms with Crippen LogP contribution in [-0.2, 0) is 5.41 Å². The molecule has 4 rings (SSSR count). The minimum Gasteiger partial charge on any atom is -0.384 e. The molecule has 0 fully saturated rings. The van der Waals surface area contributed by atoms with Gasteiger partial charge in [0.15, 0.2) is 0 Å². The van der Waals surface area contributed by atoms with Crippen molar-refractivity contribution in [1.29, 1.82) is 0 Å². The second-order valence-electron chi connectivity index (χ2n) is 5.87. The topological polar surface area (TPSA) is 66.5 Å². The molecular formula is C15H15N5. The van der Waals surface area contributed by atoms with E-state index in [1.807, 2.05) is 6.07 Å². The predicted octanol–water partition coefficient (Wildman–Crippen LogP) is 2.72. The molecule has 5 nitrogen and oxygen atoms in total. The van der Waals surface area contributed by atoms with Gasteiger partial charge in [0, 0.05) is 23.2 Å². The predicted molar refractivity (Wildman–Crippen MR) is 78.6 cm³/mol. The fraction of sp³-hybridized carbons (Fsp3) is 0.267. The van der Waals surface area contributed by atoms with Crippen LogP contribution < -0.4 is 5.32 Å². The number of nitrogens with one attached hydrogen (secondary N) is 2. The summed E-state index contributed by atoms with van der Waals surface area (Å²) in [7, 11) is 0. The van der Waals surface area contributed by atoms with Crippen LogP contribution in [0.4, 0.5) is 5.69 Å². The van der Waals surface area contributed by atoms with Gasteiger partial charge >= 0.3 is 0 Å². The zero-order chi connectivity index (χ0) is 13.7. The van der Waals surface area contributed by atoms with E-state index < -0.39 is 0 Å². The molecule has 0 radical (unpaired) electrons. The van der Waals surface area contributed by atoms with Gasteiger partial charge < -0.3 is 10.3 Å². The summed E-state index contributed by atoms with van der Waals surface area (Å²) in [6, 6.07) is 6.23. The van der Waals surface area contributed by atoms with Gasteiger partial charge in [0.2, 0.25) is 0 Å². The van der Waals surface area contributed by atoms with E-state index in [9.17, 15) is 0 Å². The summed E-state index contributed by atoms with van der Waals surface area (Å²) in [5.74, 6) is 0.830. The van der Waals surface area contributed by atoms with Crippen molar-refractivity contribution in [3.8, 4) is 11.4 Å². The number of hydrogen-bond acceptors (Lipinski definition) is 4. The van der Waals surface area contributed by atoms with Crippen LogP contribution in [0, 0.1) is 0 Å². The van der Waals surface area contributed by atoms with Crippen molar-refractivity contribution in [1.82, 2.24) is 20.2 Å². The van der Waals surface area contributed by atoms with Crippen molar-refractivity contribution in [3.63, 3.8) is 0 Å². The second kappa shape index (κ2) is 3.79. The monoisotopic (exact) mass is 265 g/mol. The number of aromatic nitrogens is 4. The number of fused-ring (bicyclic) bond motifs is 2. The molecule has 0 saturated carbocycles. The highest BCUT2D eigenvalue weighted by molar-refractivity contribution is 5.85. The van der Waals surface area contributed by atoms with Crippen LogP contribution in [0.3, 0.4) is 0 Å². The Balaban J connectivity index is 1.90. The molecule has 0 bridgehead atoms. The molecule has 1 aliphatic rings. The van der Waals surface area contributed by atoms with E-state index in [2.05, 4.69) is 51.5 Å². The maximum absolute atomic E-state index is 4.64. The summed E-state index contributed by atoms with van der Waals surface area (Å²) < 4.78 is 0. The largest absolute Gasteiger partial charge is 0.384 e. The van der Waals surface area contributed by atoms with Crippen LogP contribution in [0.1, 0.15) is 19.4 Å². The number of aromatic amines is 1. The SMILES string of the molecule is CC1(C)CNc2cc3nc(-c4ccnnc4)[nH]c3cc21. The third kappa shape index (κ3) is 1.59. The Labute approximate surface area is 116 Å². The summed E-state index contributed by atoms with van der Waals surface area (Å²) in [6.45, 7) is 5.47. The fourth-order valence-corrected chi connectivity index (χ4v) is 2.74. The van der Waals surface area contributed by atoms with Crippen molar-refractivity contribution >= 4 is 16.7 Å². The number of H-pyrrole nitrogens is 1. The van der Waals surface area contributed by atoms with E-state index >= 15 is 0 Å². The average Bonchev–Trinajstić information content (AvgIpc) is 2.99. The molecule has 3 aromatic rings. The Bertz CT molecular complexity index is 789. The molecule has 5 heteroatoms. The lowest BCUT2D eigenvalue weighted by Crippen LogP contribution is -2.18. The first-order chi connectivity index (χ1) is 9.63. The zero-order valence-corrected chi connectivity index (χ0v) is 11.4. The Kier molecular flexibility index (Phi) is 2.16. The van der Waals surface area contributed by atoms with Crippen molar-refractivity contribution < 1.29 is 0 Å². The minimum atomic E-state index is 0.160. The number of benzene rings is 1. The van der Waals surface area contributed by atoms with Gasteiger partial charge in [0.25, 0.3) is 0 Å². The van der Waals surface area contributed by atoms with Crippen molar-refractivity contribution in [3.05, 3.63) is 36.2 Å². The molecule has 0 aliphatic carbocycles. The highest BCUT2D eigenvalue weighted by Gasteiger charge is 2.30. The van der Waals surface area contributed by atoms with E-state index in [0.29, 0.717) is 0 Å². The normalized spacial score (nSPS) is 16.1. The lowest BCUT2D eigenvalue weighted by atomic mass is 9.87. The third-order valence-electron chi connectivity index (χ3n) is 3.93. The number of anilines is 1. The van der Waals surface area contributed by atoms with E-state index in [4.69, 9.17) is 0 Å². The van der Waals surface area contributed by atoms with Crippen LogP contribution >= 0.6 is 0 Å². The number of nitrogens with zero attached hydrogens (tertiary/aromatic N) is 3.